The van der Waals surface area contributed by atoms with Gasteiger partial charge >= 0.3 is 0 Å². The van der Waals surface area contributed by atoms with E-state index in [1.54, 1.807) is 0 Å². The normalized spacial score (nSPS) is 21.0. The Hall–Kier alpha value is -1.84. The molecule has 1 saturated heterocycles. The maximum absolute atomic E-state index is 10.4. The maximum atomic E-state index is 10.4. The van der Waals surface area contributed by atoms with Gasteiger partial charge in [0.2, 0.25) is 0 Å². The van der Waals surface area contributed by atoms with Crippen LogP contribution in [0, 0.1) is 0 Å². The van der Waals surface area contributed by atoms with Gasteiger partial charge in [-0.15, -0.1) is 0 Å². The van der Waals surface area contributed by atoms with Crippen molar-refractivity contribution in [2.45, 2.75) is 12.0 Å². The number of aliphatic hydroxyl groups excluding tert-OH is 1. The molecular weight excluding hydrogens is 240 g/mol. The number of para-hydroxylation sites is 1. The van der Waals surface area contributed by atoms with Gasteiger partial charge in [0.25, 0.3) is 0 Å². The number of hydrogen-bond donors (Lipinski definition) is 1. The third-order valence-electron chi connectivity index (χ3n) is 3.88. The second-order valence-electron chi connectivity index (χ2n) is 5.07. The van der Waals surface area contributed by atoms with Crippen LogP contribution < -0.4 is 4.74 Å². The Kier molecular flexibility index (Phi) is 2.37. The van der Waals surface area contributed by atoms with Gasteiger partial charge in [0.05, 0.1) is 13.2 Å². The topological polar surface area (TPSA) is 38.7 Å². The Morgan fingerprint density at radius 3 is 2.53 bits per heavy atom. The lowest BCUT2D eigenvalue weighted by molar-refractivity contribution is 0.00833. The molecule has 1 unspecified atom stereocenters. The molecule has 4 rings (SSSR count). The lowest BCUT2D eigenvalue weighted by Crippen LogP contribution is -2.25. The number of ether oxygens (including phenoxy) is 2. The summed E-state index contributed by atoms with van der Waals surface area (Å²) in [5.41, 5.74) is 2.88. The Labute approximate surface area is 111 Å². The highest BCUT2D eigenvalue weighted by Gasteiger charge is 2.27. The first-order valence-corrected chi connectivity index (χ1v) is 6.49. The van der Waals surface area contributed by atoms with Crippen molar-refractivity contribution in [3.8, 4) is 11.5 Å². The van der Waals surface area contributed by atoms with E-state index < -0.39 is 6.10 Å². The first-order valence-electron chi connectivity index (χ1n) is 6.49. The van der Waals surface area contributed by atoms with Crippen molar-refractivity contribution in [2.75, 3.05) is 13.2 Å². The smallest absolute Gasteiger partial charge is 0.133 e. The molecule has 3 nitrogen and oxygen atoms in total. The van der Waals surface area contributed by atoms with E-state index in [2.05, 4.69) is 6.07 Å². The zero-order chi connectivity index (χ0) is 12.8. The van der Waals surface area contributed by atoms with Crippen molar-refractivity contribution in [1.82, 2.24) is 0 Å². The predicted octanol–water partition coefficient (Wildman–Crippen LogP) is 2.99. The van der Waals surface area contributed by atoms with E-state index in [1.807, 2.05) is 36.4 Å². The SMILES string of the molecule is OC1c2ccccc2Oc2cc(C3COC3)ccc21. The zero-order valence-electron chi connectivity index (χ0n) is 10.4. The molecule has 0 aromatic heterocycles. The molecule has 0 radical (unpaired) electrons. The summed E-state index contributed by atoms with van der Waals surface area (Å²) >= 11 is 0. The Morgan fingerprint density at radius 1 is 0.947 bits per heavy atom. The maximum Gasteiger partial charge on any atom is 0.133 e. The van der Waals surface area contributed by atoms with Gasteiger partial charge in [-0.2, -0.15) is 0 Å². The molecule has 1 fully saturated rings. The number of benzene rings is 2. The molecule has 2 aliphatic rings. The van der Waals surface area contributed by atoms with Crippen LogP contribution in [-0.4, -0.2) is 18.3 Å². The van der Waals surface area contributed by atoms with Crippen LogP contribution in [-0.2, 0) is 4.74 Å². The van der Waals surface area contributed by atoms with Crippen LogP contribution in [0.1, 0.15) is 28.7 Å². The van der Waals surface area contributed by atoms with E-state index in [0.29, 0.717) is 5.92 Å². The molecule has 1 N–H and O–H groups in total. The molecule has 2 aliphatic heterocycles. The molecule has 2 heterocycles. The summed E-state index contributed by atoms with van der Waals surface area (Å²) in [6.45, 7) is 1.55. The zero-order valence-corrected chi connectivity index (χ0v) is 10.4. The van der Waals surface area contributed by atoms with Gasteiger partial charge in [0.15, 0.2) is 0 Å². The first kappa shape index (κ1) is 11.0. The van der Waals surface area contributed by atoms with Gasteiger partial charge in [-0.25, -0.2) is 0 Å². The summed E-state index contributed by atoms with van der Waals surface area (Å²) in [5, 5.41) is 10.4. The largest absolute Gasteiger partial charge is 0.457 e. The highest BCUT2D eigenvalue weighted by Crippen LogP contribution is 2.43. The fourth-order valence-corrected chi connectivity index (χ4v) is 2.63. The van der Waals surface area contributed by atoms with Crippen LogP contribution in [0.4, 0.5) is 0 Å². The molecule has 0 spiro atoms. The highest BCUT2D eigenvalue weighted by atomic mass is 16.5. The van der Waals surface area contributed by atoms with Crippen LogP contribution in [0.25, 0.3) is 0 Å². The van der Waals surface area contributed by atoms with Gasteiger partial charge in [0.1, 0.15) is 17.6 Å². The second kappa shape index (κ2) is 4.08. The molecule has 19 heavy (non-hydrogen) atoms. The fourth-order valence-electron chi connectivity index (χ4n) is 2.63. The van der Waals surface area contributed by atoms with Crippen LogP contribution in [0.2, 0.25) is 0 Å². The highest BCUT2D eigenvalue weighted by molar-refractivity contribution is 5.53. The molecule has 0 bridgehead atoms. The average molecular weight is 254 g/mol. The van der Waals surface area contributed by atoms with Crippen molar-refractivity contribution < 1.29 is 14.6 Å². The first-order chi connectivity index (χ1) is 9.33. The quantitative estimate of drug-likeness (QED) is 0.850. The van der Waals surface area contributed by atoms with Gasteiger partial charge in [0, 0.05) is 17.0 Å². The Morgan fingerprint density at radius 2 is 1.74 bits per heavy atom. The average Bonchev–Trinajstić information content (AvgIpc) is 2.37. The van der Waals surface area contributed by atoms with Crippen molar-refractivity contribution in [3.63, 3.8) is 0 Å². The number of rotatable bonds is 1. The second-order valence-corrected chi connectivity index (χ2v) is 5.07. The van der Waals surface area contributed by atoms with Gasteiger partial charge in [-0.05, 0) is 17.7 Å². The molecule has 2 aromatic rings. The molecule has 2 aromatic carbocycles. The van der Waals surface area contributed by atoms with E-state index in [9.17, 15) is 5.11 Å². The van der Waals surface area contributed by atoms with Crippen molar-refractivity contribution in [3.05, 3.63) is 59.2 Å². The third-order valence-corrected chi connectivity index (χ3v) is 3.88. The summed E-state index contributed by atoms with van der Waals surface area (Å²) in [6.07, 6.45) is -0.605. The summed E-state index contributed by atoms with van der Waals surface area (Å²) in [7, 11) is 0. The minimum Gasteiger partial charge on any atom is -0.457 e. The van der Waals surface area contributed by atoms with Crippen LogP contribution in [0.5, 0.6) is 11.5 Å². The molecule has 0 amide bonds. The molecule has 96 valence electrons. The van der Waals surface area contributed by atoms with Gasteiger partial charge in [-0.3, -0.25) is 0 Å². The number of aliphatic hydroxyl groups is 1. The molecular formula is C16H14O3. The number of hydrogen-bond acceptors (Lipinski definition) is 3. The van der Waals surface area contributed by atoms with Crippen LogP contribution in [0.15, 0.2) is 42.5 Å². The molecule has 0 aliphatic carbocycles. The summed E-state index contributed by atoms with van der Waals surface area (Å²) in [5.74, 6) is 1.96. The Balaban J connectivity index is 1.77. The number of fused-ring (bicyclic) bond motifs is 2. The summed E-state index contributed by atoms with van der Waals surface area (Å²) in [6, 6.07) is 13.7. The lowest BCUT2D eigenvalue weighted by Gasteiger charge is -2.29. The van der Waals surface area contributed by atoms with Gasteiger partial charge < -0.3 is 14.6 Å². The standard InChI is InChI=1S/C16H14O3/c17-16-12-3-1-2-4-14(12)19-15-7-10(5-6-13(15)16)11-8-18-9-11/h1-7,11,16-17H,8-9H2. The summed E-state index contributed by atoms with van der Waals surface area (Å²) in [4.78, 5) is 0. The molecule has 3 heteroatoms. The monoisotopic (exact) mass is 254 g/mol. The van der Waals surface area contributed by atoms with Crippen LogP contribution in [0.3, 0.4) is 0 Å². The lowest BCUT2D eigenvalue weighted by atomic mass is 9.92. The van der Waals surface area contributed by atoms with E-state index in [4.69, 9.17) is 9.47 Å². The molecule has 0 saturated carbocycles. The minimum absolute atomic E-state index is 0.461. The minimum atomic E-state index is -0.605. The Bertz CT molecular complexity index is 632. The van der Waals surface area contributed by atoms with E-state index in [1.165, 1.54) is 5.56 Å². The van der Waals surface area contributed by atoms with Crippen LogP contribution >= 0.6 is 0 Å². The van der Waals surface area contributed by atoms with E-state index in [0.717, 1.165) is 35.8 Å². The van der Waals surface area contributed by atoms with Gasteiger partial charge in [-0.1, -0.05) is 30.3 Å². The fraction of sp³-hybridized carbons (Fsp3) is 0.250. The van der Waals surface area contributed by atoms with E-state index in [-0.39, 0.29) is 0 Å². The molecule has 1 atom stereocenters. The van der Waals surface area contributed by atoms with Crippen molar-refractivity contribution in [1.29, 1.82) is 0 Å². The van der Waals surface area contributed by atoms with E-state index >= 15 is 0 Å². The predicted molar refractivity (Wildman–Crippen MR) is 70.6 cm³/mol. The van der Waals surface area contributed by atoms with Crippen molar-refractivity contribution in [2.24, 2.45) is 0 Å². The third kappa shape index (κ3) is 1.66. The summed E-state index contributed by atoms with van der Waals surface area (Å²) < 4.78 is 11.1. The van der Waals surface area contributed by atoms with Crippen molar-refractivity contribution >= 4 is 0 Å².